The molecule has 1 aromatic rings. The lowest BCUT2D eigenvalue weighted by Gasteiger charge is -2.04. The van der Waals surface area contributed by atoms with Gasteiger partial charge in [0.25, 0.3) is 0 Å². The number of nitrogens with two attached hydrogens (primary N) is 1. The van der Waals surface area contributed by atoms with Crippen LogP contribution in [0, 0.1) is 3.70 Å². The summed E-state index contributed by atoms with van der Waals surface area (Å²) in [6, 6.07) is 3.79. The molecule has 0 aromatic carbocycles. The first-order valence-corrected chi connectivity index (χ1v) is 4.31. The quantitative estimate of drug-likeness (QED) is 0.501. The van der Waals surface area contributed by atoms with E-state index >= 15 is 0 Å². The Balaban J connectivity index is 2.89. The molecule has 11 heavy (non-hydrogen) atoms. The Morgan fingerprint density at radius 3 is 2.82 bits per heavy atom. The second-order valence-corrected chi connectivity index (χ2v) is 3.28. The highest BCUT2D eigenvalue weighted by Crippen LogP contribution is 2.10. The number of halogens is 1. The number of hydrogen-bond donors (Lipinski definition) is 1. The number of aromatic nitrogens is 1. The maximum absolute atomic E-state index is 5.68. The van der Waals surface area contributed by atoms with Crippen molar-refractivity contribution in [3.05, 3.63) is 40.2 Å². The number of pyridine rings is 1. The summed E-state index contributed by atoms with van der Waals surface area (Å²) in [6.07, 6.45) is 3.47. The van der Waals surface area contributed by atoms with Gasteiger partial charge in [0, 0.05) is 12.2 Å². The molecule has 0 saturated heterocycles. The van der Waals surface area contributed by atoms with E-state index in [0.717, 1.165) is 9.26 Å². The molecule has 0 spiro atoms. The highest BCUT2D eigenvalue weighted by Gasteiger charge is 1.99. The number of rotatable bonds is 2. The molecule has 2 N–H and O–H groups in total. The molecule has 0 fully saturated rings. The van der Waals surface area contributed by atoms with E-state index in [-0.39, 0.29) is 6.04 Å². The molecule has 1 atom stereocenters. The van der Waals surface area contributed by atoms with Crippen LogP contribution in [0.4, 0.5) is 0 Å². The largest absolute Gasteiger partial charge is 0.321 e. The van der Waals surface area contributed by atoms with Crippen molar-refractivity contribution in [1.29, 1.82) is 0 Å². The lowest BCUT2D eigenvalue weighted by molar-refractivity contribution is 0.901. The van der Waals surface area contributed by atoms with Crippen molar-refractivity contribution in [1.82, 2.24) is 4.98 Å². The molecule has 0 bridgehead atoms. The molecule has 0 amide bonds. The van der Waals surface area contributed by atoms with E-state index in [1.807, 2.05) is 12.1 Å². The van der Waals surface area contributed by atoms with E-state index in [1.165, 1.54) is 0 Å². The van der Waals surface area contributed by atoms with E-state index in [1.54, 1.807) is 12.3 Å². The van der Waals surface area contributed by atoms with E-state index in [4.69, 9.17) is 5.73 Å². The first-order valence-electron chi connectivity index (χ1n) is 3.23. The summed E-state index contributed by atoms with van der Waals surface area (Å²) in [6.45, 7) is 3.60. The maximum Gasteiger partial charge on any atom is 0.101 e. The summed E-state index contributed by atoms with van der Waals surface area (Å²) < 4.78 is 0.975. The van der Waals surface area contributed by atoms with Crippen LogP contribution in [0.2, 0.25) is 0 Å². The summed E-state index contributed by atoms with van der Waals surface area (Å²) >= 11 is 2.15. The zero-order chi connectivity index (χ0) is 8.27. The first kappa shape index (κ1) is 8.67. The Kier molecular flexibility index (Phi) is 3.02. The second kappa shape index (κ2) is 3.82. The van der Waals surface area contributed by atoms with Crippen molar-refractivity contribution < 1.29 is 0 Å². The van der Waals surface area contributed by atoms with Crippen molar-refractivity contribution in [2.75, 3.05) is 0 Å². The zero-order valence-corrected chi connectivity index (χ0v) is 8.15. The van der Waals surface area contributed by atoms with Crippen molar-refractivity contribution in [3.8, 4) is 0 Å². The molecule has 0 radical (unpaired) electrons. The van der Waals surface area contributed by atoms with Gasteiger partial charge < -0.3 is 5.73 Å². The summed E-state index contributed by atoms with van der Waals surface area (Å²) in [5.41, 5.74) is 6.68. The van der Waals surface area contributed by atoms with Crippen LogP contribution in [-0.2, 0) is 0 Å². The van der Waals surface area contributed by atoms with Gasteiger partial charge in [-0.25, -0.2) is 4.98 Å². The highest BCUT2D eigenvalue weighted by molar-refractivity contribution is 14.1. The molecular weight excluding hydrogens is 251 g/mol. The van der Waals surface area contributed by atoms with Crippen molar-refractivity contribution in [3.63, 3.8) is 0 Å². The monoisotopic (exact) mass is 260 g/mol. The van der Waals surface area contributed by atoms with Gasteiger partial charge in [0.15, 0.2) is 0 Å². The topological polar surface area (TPSA) is 38.9 Å². The van der Waals surface area contributed by atoms with E-state index < -0.39 is 0 Å². The molecule has 1 aromatic heterocycles. The van der Waals surface area contributed by atoms with Gasteiger partial charge in [-0.2, -0.15) is 0 Å². The maximum atomic E-state index is 5.68. The van der Waals surface area contributed by atoms with Gasteiger partial charge in [-0.1, -0.05) is 12.1 Å². The fourth-order valence-corrected chi connectivity index (χ4v) is 1.04. The molecule has 3 heteroatoms. The molecule has 2 nitrogen and oxygen atoms in total. The Morgan fingerprint density at radius 2 is 2.36 bits per heavy atom. The minimum Gasteiger partial charge on any atom is -0.321 e. The van der Waals surface area contributed by atoms with Crippen LogP contribution in [0.5, 0.6) is 0 Å². The average Bonchev–Trinajstić information content (AvgIpc) is 2.05. The fraction of sp³-hybridized carbons (Fsp3) is 0.125. The molecule has 1 unspecified atom stereocenters. The van der Waals surface area contributed by atoms with E-state index in [2.05, 4.69) is 34.2 Å². The minimum absolute atomic E-state index is 0.0977. The van der Waals surface area contributed by atoms with Gasteiger partial charge in [-0.15, -0.1) is 6.58 Å². The Bertz CT molecular complexity index is 243. The lowest BCUT2D eigenvalue weighted by Crippen LogP contribution is -2.06. The highest BCUT2D eigenvalue weighted by atomic mass is 127. The number of nitrogens with zero attached hydrogens (tertiary/aromatic N) is 1. The van der Waals surface area contributed by atoms with Gasteiger partial charge in [0.1, 0.15) is 3.70 Å². The average molecular weight is 260 g/mol. The second-order valence-electron chi connectivity index (χ2n) is 2.18. The Morgan fingerprint density at radius 1 is 1.64 bits per heavy atom. The third-order valence-corrected chi connectivity index (χ3v) is 2.03. The van der Waals surface area contributed by atoms with Crippen LogP contribution < -0.4 is 5.73 Å². The SMILES string of the molecule is C=CC(N)c1ccc(I)nc1. The van der Waals surface area contributed by atoms with Gasteiger partial charge in [0.2, 0.25) is 0 Å². The molecule has 0 aliphatic rings. The molecule has 0 saturated carbocycles. The molecule has 0 aliphatic heterocycles. The normalized spacial score (nSPS) is 12.5. The number of hydrogen-bond acceptors (Lipinski definition) is 2. The summed E-state index contributed by atoms with van der Waals surface area (Å²) in [7, 11) is 0. The minimum atomic E-state index is -0.0977. The molecule has 58 valence electrons. The molecular formula is C8H9IN2. The smallest absolute Gasteiger partial charge is 0.101 e. The fourth-order valence-electron chi connectivity index (χ4n) is 0.721. The Hall–Kier alpha value is -0.420. The van der Waals surface area contributed by atoms with Crippen LogP contribution in [-0.4, -0.2) is 4.98 Å². The van der Waals surface area contributed by atoms with Crippen molar-refractivity contribution in [2.24, 2.45) is 5.73 Å². The zero-order valence-electron chi connectivity index (χ0n) is 6.00. The predicted octanol–water partition coefficient (Wildman–Crippen LogP) is 1.87. The predicted molar refractivity (Wildman–Crippen MR) is 54.1 cm³/mol. The first-order chi connectivity index (χ1) is 5.24. The van der Waals surface area contributed by atoms with E-state index in [0.29, 0.717) is 0 Å². The van der Waals surface area contributed by atoms with Gasteiger partial charge >= 0.3 is 0 Å². The molecule has 1 heterocycles. The van der Waals surface area contributed by atoms with Crippen LogP contribution >= 0.6 is 22.6 Å². The van der Waals surface area contributed by atoms with E-state index in [9.17, 15) is 0 Å². The van der Waals surface area contributed by atoms with Crippen LogP contribution in [0.1, 0.15) is 11.6 Å². The lowest BCUT2D eigenvalue weighted by atomic mass is 10.1. The molecule has 1 rings (SSSR count). The molecule has 0 aliphatic carbocycles. The van der Waals surface area contributed by atoms with Crippen molar-refractivity contribution >= 4 is 22.6 Å². The summed E-state index contributed by atoms with van der Waals surface area (Å²) in [5, 5.41) is 0. The van der Waals surface area contributed by atoms with Crippen LogP contribution in [0.15, 0.2) is 31.0 Å². The van der Waals surface area contributed by atoms with Gasteiger partial charge in [0.05, 0.1) is 0 Å². The van der Waals surface area contributed by atoms with Crippen LogP contribution in [0.3, 0.4) is 0 Å². The van der Waals surface area contributed by atoms with Crippen LogP contribution in [0.25, 0.3) is 0 Å². The summed E-state index contributed by atoms with van der Waals surface area (Å²) in [5.74, 6) is 0. The van der Waals surface area contributed by atoms with Gasteiger partial charge in [-0.3, -0.25) is 0 Å². The third kappa shape index (κ3) is 2.27. The van der Waals surface area contributed by atoms with Crippen molar-refractivity contribution in [2.45, 2.75) is 6.04 Å². The summed E-state index contributed by atoms with van der Waals surface area (Å²) in [4.78, 5) is 4.11. The van der Waals surface area contributed by atoms with Gasteiger partial charge in [-0.05, 0) is 34.2 Å². The standard InChI is InChI=1S/C8H9IN2/c1-2-7(10)6-3-4-8(9)11-5-6/h2-5,7H,1,10H2. The Labute approximate surface area is 79.7 Å². The third-order valence-electron chi connectivity index (χ3n) is 1.39.